The van der Waals surface area contributed by atoms with E-state index in [-0.39, 0.29) is 24.0 Å². The summed E-state index contributed by atoms with van der Waals surface area (Å²) in [5.41, 5.74) is 1.92. The number of aromatic nitrogens is 1. The van der Waals surface area contributed by atoms with Crippen LogP contribution in [-0.4, -0.2) is 24.7 Å². The van der Waals surface area contributed by atoms with E-state index in [1.165, 1.54) is 0 Å². The lowest BCUT2D eigenvalue weighted by molar-refractivity contribution is 0.392. The minimum atomic E-state index is 0. The van der Waals surface area contributed by atoms with E-state index >= 15 is 0 Å². The van der Waals surface area contributed by atoms with Gasteiger partial charge in [0.15, 0.2) is 5.96 Å². The highest BCUT2D eigenvalue weighted by Gasteiger charge is 2.09. The number of rotatable bonds is 4. The van der Waals surface area contributed by atoms with Crippen LogP contribution in [0.1, 0.15) is 17.0 Å². The van der Waals surface area contributed by atoms with E-state index in [9.17, 15) is 0 Å². The Morgan fingerprint density at radius 2 is 2.11 bits per heavy atom. The quantitative estimate of drug-likeness (QED) is 0.475. The topological polar surface area (TPSA) is 62.5 Å². The van der Waals surface area contributed by atoms with Crippen molar-refractivity contribution in [2.45, 2.75) is 20.4 Å². The molecule has 0 spiro atoms. The number of aliphatic imine (C=N–C) groups is 1. The van der Waals surface area contributed by atoms with Crippen molar-refractivity contribution in [1.29, 1.82) is 0 Å². The highest BCUT2D eigenvalue weighted by molar-refractivity contribution is 14.0. The molecule has 0 aromatic carbocycles. The number of guanidine groups is 1. The molecule has 1 rings (SSSR count). The smallest absolute Gasteiger partial charge is 0.191 e. The maximum atomic E-state index is 5.66. The van der Waals surface area contributed by atoms with Crippen LogP contribution in [0.4, 0.5) is 0 Å². The van der Waals surface area contributed by atoms with Crippen LogP contribution in [0.5, 0.6) is 0 Å². The standard InChI is InChI=1S/C11H17ClN4O.HI/c1-7(12)5-14-11(13-4)15-6-10-8(2)16-17-9(10)3;/h1,5-6H2,2-4H3,(H2,13,14,15);1H. The Hall–Kier alpha value is -0.760. The first kappa shape index (κ1) is 17.2. The summed E-state index contributed by atoms with van der Waals surface area (Å²) in [6.45, 7) is 8.47. The van der Waals surface area contributed by atoms with E-state index in [2.05, 4.69) is 27.4 Å². The molecule has 1 aromatic rings. The number of hydrogen-bond donors (Lipinski definition) is 2. The predicted molar refractivity (Wildman–Crippen MR) is 84.6 cm³/mol. The number of hydrogen-bond acceptors (Lipinski definition) is 3. The van der Waals surface area contributed by atoms with E-state index in [1.807, 2.05) is 13.8 Å². The second kappa shape index (κ2) is 8.36. The van der Waals surface area contributed by atoms with Gasteiger partial charge in [-0.2, -0.15) is 0 Å². The zero-order valence-corrected chi connectivity index (χ0v) is 13.8. The van der Waals surface area contributed by atoms with Gasteiger partial charge in [0.1, 0.15) is 5.76 Å². The van der Waals surface area contributed by atoms with Gasteiger partial charge in [-0.3, -0.25) is 4.99 Å². The maximum Gasteiger partial charge on any atom is 0.191 e. The van der Waals surface area contributed by atoms with Crippen LogP contribution < -0.4 is 10.6 Å². The summed E-state index contributed by atoms with van der Waals surface area (Å²) >= 11 is 5.66. The Morgan fingerprint density at radius 3 is 2.56 bits per heavy atom. The lowest BCUT2D eigenvalue weighted by atomic mass is 10.2. The van der Waals surface area contributed by atoms with Crippen molar-refractivity contribution < 1.29 is 4.52 Å². The zero-order chi connectivity index (χ0) is 12.8. The molecule has 0 atom stereocenters. The van der Waals surface area contributed by atoms with Crippen LogP contribution in [0, 0.1) is 13.8 Å². The highest BCUT2D eigenvalue weighted by Crippen LogP contribution is 2.11. The molecule has 0 unspecified atom stereocenters. The average Bonchev–Trinajstić information content (AvgIpc) is 2.59. The Balaban J connectivity index is 0.00000289. The summed E-state index contributed by atoms with van der Waals surface area (Å²) in [5.74, 6) is 1.47. The largest absolute Gasteiger partial charge is 0.361 e. The van der Waals surface area contributed by atoms with Crippen molar-refractivity contribution in [2.75, 3.05) is 13.6 Å². The van der Waals surface area contributed by atoms with Crippen molar-refractivity contribution in [3.05, 3.63) is 28.6 Å². The van der Waals surface area contributed by atoms with Crippen molar-refractivity contribution in [3.63, 3.8) is 0 Å². The molecule has 0 saturated carbocycles. The zero-order valence-electron chi connectivity index (χ0n) is 10.7. The lowest BCUT2D eigenvalue weighted by Crippen LogP contribution is -2.37. The van der Waals surface area contributed by atoms with Gasteiger partial charge in [0.05, 0.1) is 12.2 Å². The van der Waals surface area contributed by atoms with Crippen LogP contribution in [0.25, 0.3) is 0 Å². The molecule has 0 aliphatic rings. The molecule has 0 fully saturated rings. The average molecular weight is 385 g/mol. The van der Waals surface area contributed by atoms with Gasteiger partial charge in [-0.05, 0) is 13.8 Å². The second-order valence-electron chi connectivity index (χ2n) is 3.60. The minimum absolute atomic E-state index is 0. The molecule has 0 saturated heterocycles. The van der Waals surface area contributed by atoms with Crippen LogP contribution in [-0.2, 0) is 6.54 Å². The molecular formula is C11H18ClIN4O. The first-order valence-electron chi connectivity index (χ1n) is 5.24. The van der Waals surface area contributed by atoms with Crippen LogP contribution >= 0.6 is 35.6 Å². The SMILES string of the molecule is C=C(Cl)CNC(=NC)NCc1c(C)noc1C.I. The highest BCUT2D eigenvalue weighted by atomic mass is 127. The Labute approximate surface area is 129 Å². The summed E-state index contributed by atoms with van der Waals surface area (Å²) in [6.07, 6.45) is 0. The molecule has 1 aromatic heterocycles. The van der Waals surface area contributed by atoms with Gasteiger partial charge >= 0.3 is 0 Å². The molecule has 0 amide bonds. The molecule has 0 aliphatic carbocycles. The Morgan fingerprint density at radius 1 is 1.44 bits per heavy atom. The van der Waals surface area contributed by atoms with E-state index < -0.39 is 0 Å². The van der Waals surface area contributed by atoms with Crippen molar-refractivity contribution in [2.24, 2.45) is 4.99 Å². The summed E-state index contributed by atoms with van der Waals surface area (Å²) in [4.78, 5) is 4.06. The first-order chi connectivity index (χ1) is 8.04. The molecule has 102 valence electrons. The van der Waals surface area contributed by atoms with Gasteiger partial charge in [0.25, 0.3) is 0 Å². The molecule has 5 nitrogen and oxygen atoms in total. The maximum absolute atomic E-state index is 5.66. The third kappa shape index (κ3) is 5.26. The molecule has 0 aliphatic heterocycles. The van der Waals surface area contributed by atoms with E-state index in [0.29, 0.717) is 24.1 Å². The van der Waals surface area contributed by atoms with Gasteiger partial charge in [-0.15, -0.1) is 24.0 Å². The van der Waals surface area contributed by atoms with E-state index in [0.717, 1.165) is 17.0 Å². The van der Waals surface area contributed by atoms with Gasteiger partial charge in [-0.1, -0.05) is 23.3 Å². The first-order valence-corrected chi connectivity index (χ1v) is 5.62. The van der Waals surface area contributed by atoms with E-state index in [1.54, 1.807) is 7.05 Å². The van der Waals surface area contributed by atoms with Crippen LogP contribution in [0.3, 0.4) is 0 Å². The Kier molecular flexibility index (Phi) is 8.01. The fourth-order valence-corrected chi connectivity index (χ4v) is 1.39. The fourth-order valence-electron chi connectivity index (χ4n) is 1.33. The summed E-state index contributed by atoms with van der Waals surface area (Å²) < 4.78 is 5.07. The molecule has 1 heterocycles. The number of nitrogens with zero attached hydrogens (tertiary/aromatic N) is 2. The summed E-state index contributed by atoms with van der Waals surface area (Å²) in [7, 11) is 1.69. The monoisotopic (exact) mass is 384 g/mol. The lowest BCUT2D eigenvalue weighted by Gasteiger charge is -2.10. The van der Waals surface area contributed by atoms with Gasteiger partial charge in [0, 0.05) is 24.2 Å². The Bertz CT molecular complexity index is 411. The van der Waals surface area contributed by atoms with Crippen molar-refractivity contribution >= 4 is 41.5 Å². The third-order valence-corrected chi connectivity index (χ3v) is 2.42. The molecule has 7 heteroatoms. The van der Waals surface area contributed by atoms with Gasteiger partial charge < -0.3 is 15.2 Å². The molecule has 0 radical (unpaired) electrons. The normalized spacial score (nSPS) is 10.8. The third-order valence-electron chi connectivity index (χ3n) is 2.29. The summed E-state index contributed by atoms with van der Waals surface area (Å²) in [6, 6.07) is 0. The fraction of sp³-hybridized carbons (Fsp3) is 0.455. The number of halogens is 2. The predicted octanol–water partition coefficient (Wildman–Crippen LogP) is 2.33. The van der Waals surface area contributed by atoms with Crippen LogP contribution in [0.15, 0.2) is 21.1 Å². The van der Waals surface area contributed by atoms with E-state index in [4.69, 9.17) is 16.1 Å². The molecule has 18 heavy (non-hydrogen) atoms. The molecular weight excluding hydrogens is 367 g/mol. The second-order valence-corrected chi connectivity index (χ2v) is 4.13. The summed E-state index contributed by atoms with van der Waals surface area (Å²) in [5, 5.41) is 10.6. The van der Waals surface area contributed by atoms with Crippen molar-refractivity contribution in [1.82, 2.24) is 15.8 Å². The van der Waals surface area contributed by atoms with Gasteiger partial charge in [0.2, 0.25) is 0 Å². The van der Waals surface area contributed by atoms with Crippen LogP contribution in [0.2, 0.25) is 0 Å². The molecule has 0 bridgehead atoms. The van der Waals surface area contributed by atoms with Gasteiger partial charge in [-0.25, -0.2) is 0 Å². The molecule has 2 N–H and O–H groups in total. The number of aryl methyl sites for hydroxylation is 2. The number of nitrogens with one attached hydrogen (secondary N) is 2. The minimum Gasteiger partial charge on any atom is -0.361 e. The van der Waals surface area contributed by atoms with Crippen molar-refractivity contribution in [3.8, 4) is 0 Å².